The Labute approximate surface area is 160 Å². The normalized spacial score (nSPS) is 20.4. The standard InChI is InChI=1S/C20H22F3N3O2/c1-12-24-17-8-15(21)2-3-16(17)19(28)26(12)11-13-4-6-25(7-5-13)18(27)14-9-20(22,23)10-14/h2-3,8,13-14H,4-7,9-11H2,1H3. The zero-order valence-corrected chi connectivity index (χ0v) is 15.6. The van der Waals surface area contributed by atoms with Gasteiger partial charge in [-0.25, -0.2) is 18.2 Å². The summed E-state index contributed by atoms with van der Waals surface area (Å²) >= 11 is 0. The molecule has 1 aliphatic carbocycles. The molecule has 1 aromatic carbocycles. The van der Waals surface area contributed by atoms with Crippen LogP contribution in [0.1, 0.15) is 31.5 Å². The second-order valence-corrected chi connectivity index (χ2v) is 7.97. The summed E-state index contributed by atoms with van der Waals surface area (Å²) in [5.74, 6) is -3.13. The molecule has 1 amide bonds. The Morgan fingerprint density at radius 1 is 1.25 bits per heavy atom. The molecule has 0 bridgehead atoms. The lowest BCUT2D eigenvalue weighted by Gasteiger charge is -2.39. The fraction of sp³-hybridized carbons (Fsp3) is 0.550. The number of amides is 1. The molecule has 0 radical (unpaired) electrons. The number of aromatic nitrogens is 2. The molecular weight excluding hydrogens is 371 g/mol. The van der Waals surface area contributed by atoms with Gasteiger partial charge in [0.05, 0.1) is 10.9 Å². The molecule has 2 heterocycles. The summed E-state index contributed by atoms with van der Waals surface area (Å²) in [6.07, 6.45) is 0.734. The van der Waals surface area contributed by atoms with Gasteiger partial charge < -0.3 is 4.90 Å². The van der Waals surface area contributed by atoms with Crippen LogP contribution in [0.4, 0.5) is 13.2 Å². The number of piperidine rings is 1. The minimum Gasteiger partial charge on any atom is -0.342 e. The van der Waals surface area contributed by atoms with Crippen LogP contribution in [0.3, 0.4) is 0 Å². The van der Waals surface area contributed by atoms with E-state index < -0.39 is 17.7 Å². The van der Waals surface area contributed by atoms with Crippen molar-refractivity contribution >= 4 is 16.8 Å². The van der Waals surface area contributed by atoms with Gasteiger partial charge in [0, 0.05) is 44.5 Å². The summed E-state index contributed by atoms with van der Waals surface area (Å²) in [6, 6.07) is 3.95. The molecule has 1 saturated carbocycles. The predicted molar refractivity (Wildman–Crippen MR) is 97.7 cm³/mol. The second-order valence-electron chi connectivity index (χ2n) is 7.97. The summed E-state index contributed by atoms with van der Waals surface area (Å²) in [5.41, 5.74) is 0.147. The predicted octanol–water partition coefficient (Wildman–Crippen LogP) is 3.13. The van der Waals surface area contributed by atoms with E-state index in [2.05, 4.69) is 4.98 Å². The van der Waals surface area contributed by atoms with Crippen molar-refractivity contribution in [2.75, 3.05) is 13.1 Å². The molecule has 8 heteroatoms. The van der Waals surface area contributed by atoms with Gasteiger partial charge in [-0.05, 0) is 37.8 Å². The van der Waals surface area contributed by atoms with E-state index >= 15 is 0 Å². The first-order valence-corrected chi connectivity index (χ1v) is 9.57. The number of carbonyl (C=O) groups excluding carboxylic acids is 1. The average Bonchev–Trinajstić information content (AvgIpc) is 2.62. The van der Waals surface area contributed by atoms with Gasteiger partial charge in [0.15, 0.2) is 0 Å². The molecule has 0 atom stereocenters. The molecule has 4 rings (SSSR count). The van der Waals surface area contributed by atoms with Crippen molar-refractivity contribution in [3.8, 4) is 0 Å². The van der Waals surface area contributed by atoms with Crippen LogP contribution in [-0.4, -0.2) is 39.4 Å². The Hall–Kier alpha value is -2.38. The molecule has 0 unspecified atom stereocenters. The number of nitrogens with zero attached hydrogens (tertiary/aromatic N) is 3. The van der Waals surface area contributed by atoms with Gasteiger partial charge in [-0.3, -0.25) is 14.2 Å². The van der Waals surface area contributed by atoms with Crippen LogP contribution in [0.15, 0.2) is 23.0 Å². The van der Waals surface area contributed by atoms with Gasteiger partial charge >= 0.3 is 0 Å². The third kappa shape index (κ3) is 3.52. The summed E-state index contributed by atoms with van der Waals surface area (Å²) in [7, 11) is 0. The van der Waals surface area contributed by atoms with E-state index in [1.165, 1.54) is 18.2 Å². The van der Waals surface area contributed by atoms with Crippen LogP contribution >= 0.6 is 0 Å². The Bertz CT molecular complexity index is 973. The third-order valence-corrected chi connectivity index (χ3v) is 5.91. The topological polar surface area (TPSA) is 55.2 Å². The number of hydrogen-bond donors (Lipinski definition) is 0. The van der Waals surface area contributed by atoms with E-state index in [1.807, 2.05) is 0 Å². The maximum Gasteiger partial charge on any atom is 0.261 e. The minimum absolute atomic E-state index is 0.174. The number of rotatable bonds is 3. The van der Waals surface area contributed by atoms with Crippen molar-refractivity contribution in [1.82, 2.24) is 14.5 Å². The highest BCUT2D eigenvalue weighted by molar-refractivity contribution is 5.80. The van der Waals surface area contributed by atoms with E-state index in [0.29, 0.717) is 49.2 Å². The number of benzene rings is 1. The highest BCUT2D eigenvalue weighted by Crippen LogP contribution is 2.43. The Kier molecular flexibility index (Phi) is 4.67. The summed E-state index contributed by atoms with van der Waals surface area (Å²) in [4.78, 5) is 31.1. The third-order valence-electron chi connectivity index (χ3n) is 5.91. The Morgan fingerprint density at radius 3 is 2.57 bits per heavy atom. The Morgan fingerprint density at radius 2 is 1.93 bits per heavy atom. The molecule has 0 N–H and O–H groups in total. The fourth-order valence-electron chi connectivity index (χ4n) is 4.21. The first-order valence-electron chi connectivity index (χ1n) is 9.57. The second kappa shape index (κ2) is 6.90. The number of fused-ring (bicyclic) bond motifs is 1. The number of likely N-dealkylation sites (tertiary alicyclic amines) is 1. The molecule has 1 aliphatic heterocycles. The zero-order chi connectivity index (χ0) is 20.1. The lowest BCUT2D eigenvalue weighted by Crippen LogP contribution is -2.49. The van der Waals surface area contributed by atoms with E-state index in [0.717, 1.165) is 0 Å². The van der Waals surface area contributed by atoms with Crippen molar-refractivity contribution < 1.29 is 18.0 Å². The molecule has 1 saturated heterocycles. The molecule has 5 nitrogen and oxygen atoms in total. The SMILES string of the molecule is Cc1nc2cc(F)ccc2c(=O)n1CC1CCN(C(=O)C2CC(F)(F)C2)CC1. The highest BCUT2D eigenvalue weighted by Gasteiger charge is 2.49. The maximum atomic E-state index is 13.4. The first kappa shape index (κ1) is 19.0. The van der Waals surface area contributed by atoms with Crippen LogP contribution in [0, 0.1) is 24.6 Å². The van der Waals surface area contributed by atoms with Crippen LogP contribution in [-0.2, 0) is 11.3 Å². The van der Waals surface area contributed by atoms with Crippen LogP contribution in [0.5, 0.6) is 0 Å². The van der Waals surface area contributed by atoms with Crippen molar-refractivity contribution in [1.29, 1.82) is 0 Å². The van der Waals surface area contributed by atoms with Gasteiger partial charge in [-0.2, -0.15) is 0 Å². The van der Waals surface area contributed by atoms with E-state index in [-0.39, 0.29) is 30.2 Å². The maximum absolute atomic E-state index is 13.4. The molecule has 1 aromatic heterocycles. The van der Waals surface area contributed by atoms with Gasteiger partial charge in [0.2, 0.25) is 11.8 Å². The van der Waals surface area contributed by atoms with E-state index in [1.54, 1.807) is 16.4 Å². The lowest BCUT2D eigenvalue weighted by molar-refractivity contribution is -0.161. The number of carbonyl (C=O) groups is 1. The number of halogens is 3. The van der Waals surface area contributed by atoms with Crippen LogP contribution in [0.2, 0.25) is 0 Å². The lowest BCUT2D eigenvalue weighted by atomic mass is 9.80. The number of aryl methyl sites for hydroxylation is 1. The molecule has 2 aromatic rings. The van der Waals surface area contributed by atoms with Gasteiger partial charge in [0.1, 0.15) is 11.6 Å². The van der Waals surface area contributed by atoms with Crippen LogP contribution in [0.25, 0.3) is 10.9 Å². The quantitative estimate of drug-likeness (QED) is 0.805. The zero-order valence-electron chi connectivity index (χ0n) is 15.6. The highest BCUT2D eigenvalue weighted by atomic mass is 19.3. The minimum atomic E-state index is -2.69. The molecular formula is C20H22F3N3O2. The van der Waals surface area contributed by atoms with Gasteiger partial charge in [-0.15, -0.1) is 0 Å². The molecule has 0 spiro atoms. The number of alkyl halides is 2. The van der Waals surface area contributed by atoms with Crippen molar-refractivity contribution in [3.63, 3.8) is 0 Å². The largest absolute Gasteiger partial charge is 0.342 e. The summed E-state index contributed by atoms with van der Waals surface area (Å²) in [5, 5.41) is 0.380. The molecule has 2 fully saturated rings. The van der Waals surface area contributed by atoms with E-state index in [9.17, 15) is 22.8 Å². The van der Waals surface area contributed by atoms with Gasteiger partial charge in [0.25, 0.3) is 5.56 Å². The molecule has 2 aliphatic rings. The summed E-state index contributed by atoms with van der Waals surface area (Å²) in [6.45, 7) is 3.24. The smallest absolute Gasteiger partial charge is 0.261 e. The number of hydrogen-bond acceptors (Lipinski definition) is 3. The molecule has 150 valence electrons. The van der Waals surface area contributed by atoms with Gasteiger partial charge in [-0.1, -0.05) is 0 Å². The molecule has 28 heavy (non-hydrogen) atoms. The fourth-order valence-corrected chi connectivity index (χ4v) is 4.21. The monoisotopic (exact) mass is 393 g/mol. The van der Waals surface area contributed by atoms with Crippen molar-refractivity contribution in [2.45, 2.75) is 45.1 Å². The van der Waals surface area contributed by atoms with Crippen molar-refractivity contribution in [2.24, 2.45) is 11.8 Å². The Balaban J connectivity index is 1.42. The van der Waals surface area contributed by atoms with E-state index in [4.69, 9.17) is 0 Å². The average molecular weight is 393 g/mol. The van der Waals surface area contributed by atoms with Crippen LogP contribution < -0.4 is 5.56 Å². The first-order chi connectivity index (χ1) is 13.2. The summed E-state index contributed by atoms with van der Waals surface area (Å²) < 4.78 is 41.0. The van der Waals surface area contributed by atoms with Crippen molar-refractivity contribution in [3.05, 3.63) is 40.2 Å².